The maximum atomic E-state index is 8.90. The SMILES string of the molecule is CNc1snc(SC(C)C)c1C#N. The van der Waals surface area contributed by atoms with Crippen LogP contribution in [0.25, 0.3) is 0 Å². The van der Waals surface area contributed by atoms with Gasteiger partial charge in [-0.25, -0.2) is 0 Å². The summed E-state index contributed by atoms with van der Waals surface area (Å²) in [5.74, 6) is 0. The molecule has 0 spiro atoms. The summed E-state index contributed by atoms with van der Waals surface area (Å²) in [5.41, 5.74) is 0.672. The molecule has 1 aromatic rings. The molecule has 0 unspecified atom stereocenters. The van der Waals surface area contributed by atoms with Crippen molar-refractivity contribution >= 4 is 28.3 Å². The summed E-state index contributed by atoms with van der Waals surface area (Å²) in [5, 5.41) is 14.0. The van der Waals surface area contributed by atoms with Gasteiger partial charge in [0.05, 0.1) is 0 Å². The Morgan fingerprint density at radius 3 is 2.77 bits per heavy atom. The van der Waals surface area contributed by atoms with E-state index < -0.39 is 0 Å². The minimum atomic E-state index is 0.457. The van der Waals surface area contributed by atoms with Gasteiger partial charge in [0, 0.05) is 12.3 Å². The highest BCUT2D eigenvalue weighted by atomic mass is 32.2. The van der Waals surface area contributed by atoms with Crippen molar-refractivity contribution in [3.63, 3.8) is 0 Å². The van der Waals surface area contributed by atoms with Gasteiger partial charge in [-0.05, 0) is 11.5 Å². The van der Waals surface area contributed by atoms with Crippen LogP contribution in [0.1, 0.15) is 19.4 Å². The first-order valence-electron chi connectivity index (χ1n) is 3.93. The maximum absolute atomic E-state index is 8.90. The third-order valence-corrected chi connectivity index (χ3v) is 3.32. The van der Waals surface area contributed by atoms with Gasteiger partial charge in [-0.3, -0.25) is 0 Å². The molecule has 1 N–H and O–H groups in total. The zero-order valence-corrected chi connectivity index (χ0v) is 9.42. The molecule has 0 aromatic carbocycles. The summed E-state index contributed by atoms with van der Waals surface area (Å²) in [6.45, 7) is 4.18. The van der Waals surface area contributed by atoms with Crippen molar-refractivity contribution in [1.29, 1.82) is 5.26 Å². The lowest BCUT2D eigenvalue weighted by Gasteiger charge is -2.00. The lowest BCUT2D eigenvalue weighted by atomic mass is 10.4. The highest BCUT2D eigenvalue weighted by Gasteiger charge is 2.13. The van der Waals surface area contributed by atoms with Gasteiger partial charge in [-0.1, -0.05) is 13.8 Å². The van der Waals surface area contributed by atoms with Crippen LogP contribution < -0.4 is 5.32 Å². The highest BCUT2D eigenvalue weighted by molar-refractivity contribution is 7.99. The summed E-state index contributed by atoms with van der Waals surface area (Å²) < 4.78 is 4.22. The molecule has 0 aliphatic carbocycles. The van der Waals surface area contributed by atoms with Crippen LogP contribution in [0.15, 0.2) is 5.03 Å². The number of nitriles is 1. The van der Waals surface area contributed by atoms with Crippen LogP contribution in [0.4, 0.5) is 5.00 Å². The summed E-state index contributed by atoms with van der Waals surface area (Å²) in [6.07, 6.45) is 0. The lowest BCUT2D eigenvalue weighted by Crippen LogP contribution is -1.90. The van der Waals surface area contributed by atoms with E-state index in [1.807, 2.05) is 0 Å². The monoisotopic (exact) mass is 213 g/mol. The van der Waals surface area contributed by atoms with Gasteiger partial charge in [0.15, 0.2) is 0 Å². The molecular formula is C8H11N3S2. The summed E-state index contributed by atoms with van der Waals surface area (Å²) in [7, 11) is 1.80. The van der Waals surface area contributed by atoms with E-state index in [0.29, 0.717) is 10.8 Å². The second kappa shape index (κ2) is 4.49. The van der Waals surface area contributed by atoms with Gasteiger partial charge in [-0.15, -0.1) is 11.8 Å². The average molecular weight is 213 g/mol. The highest BCUT2D eigenvalue weighted by Crippen LogP contribution is 2.32. The Bertz CT molecular complexity index is 325. The Hall–Kier alpha value is -0.730. The molecular weight excluding hydrogens is 202 g/mol. The smallest absolute Gasteiger partial charge is 0.130 e. The fourth-order valence-electron chi connectivity index (χ4n) is 0.848. The number of aromatic nitrogens is 1. The van der Waals surface area contributed by atoms with Crippen LogP contribution in [0.3, 0.4) is 0 Å². The Labute approximate surface area is 86.3 Å². The quantitative estimate of drug-likeness (QED) is 0.784. The molecule has 0 fully saturated rings. The van der Waals surface area contributed by atoms with Gasteiger partial charge in [0.25, 0.3) is 0 Å². The first-order valence-corrected chi connectivity index (χ1v) is 5.58. The summed E-state index contributed by atoms with van der Waals surface area (Å²) >= 11 is 2.96. The molecule has 0 amide bonds. The number of nitrogens with zero attached hydrogens (tertiary/aromatic N) is 2. The molecule has 3 nitrogen and oxygen atoms in total. The van der Waals surface area contributed by atoms with Crippen molar-refractivity contribution in [1.82, 2.24) is 4.37 Å². The molecule has 0 aliphatic rings. The zero-order chi connectivity index (χ0) is 9.84. The van der Waals surface area contributed by atoms with Crippen LogP contribution >= 0.6 is 23.3 Å². The van der Waals surface area contributed by atoms with E-state index in [9.17, 15) is 0 Å². The molecule has 70 valence electrons. The van der Waals surface area contributed by atoms with Crippen LogP contribution in [0.2, 0.25) is 0 Å². The number of anilines is 1. The van der Waals surface area contributed by atoms with Crippen LogP contribution in [0.5, 0.6) is 0 Å². The second-order valence-corrected chi connectivity index (χ2v) is 5.06. The van der Waals surface area contributed by atoms with Crippen molar-refractivity contribution in [2.75, 3.05) is 12.4 Å². The van der Waals surface area contributed by atoms with E-state index in [4.69, 9.17) is 5.26 Å². The molecule has 1 aromatic heterocycles. The van der Waals surface area contributed by atoms with Crippen molar-refractivity contribution in [3.8, 4) is 6.07 Å². The number of hydrogen-bond acceptors (Lipinski definition) is 5. The maximum Gasteiger partial charge on any atom is 0.130 e. The lowest BCUT2D eigenvalue weighted by molar-refractivity contribution is 1.10. The van der Waals surface area contributed by atoms with Gasteiger partial charge in [-0.2, -0.15) is 9.64 Å². The number of nitrogens with one attached hydrogen (secondary N) is 1. The van der Waals surface area contributed by atoms with E-state index in [2.05, 4.69) is 29.6 Å². The van der Waals surface area contributed by atoms with Gasteiger partial charge in [0.1, 0.15) is 21.7 Å². The van der Waals surface area contributed by atoms with Crippen molar-refractivity contribution in [2.24, 2.45) is 0 Å². The summed E-state index contributed by atoms with van der Waals surface area (Å²) in [6, 6.07) is 2.17. The molecule has 1 rings (SSSR count). The number of thioether (sulfide) groups is 1. The van der Waals surface area contributed by atoms with Crippen molar-refractivity contribution in [3.05, 3.63) is 5.56 Å². The zero-order valence-electron chi connectivity index (χ0n) is 7.79. The van der Waals surface area contributed by atoms with Crippen LogP contribution in [0, 0.1) is 11.3 Å². The third-order valence-electron chi connectivity index (χ3n) is 1.35. The molecule has 0 radical (unpaired) electrons. The topological polar surface area (TPSA) is 48.7 Å². The van der Waals surface area contributed by atoms with Crippen LogP contribution in [-0.4, -0.2) is 16.7 Å². The Morgan fingerprint density at radius 2 is 2.31 bits per heavy atom. The van der Waals surface area contributed by atoms with E-state index >= 15 is 0 Å². The summed E-state index contributed by atoms with van der Waals surface area (Å²) in [4.78, 5) is 0. The number of hydrogen-bond donors (Lipinski definition) is 1. The van der Waals surface area contributed by atoms with E-state index in [-0.39, 0.29) is 0 Å². The molecule has 0 saturated carbocycles. The second-order valence-electron chi connectivity index (χ2n) is 2.72. The number of rotatable bonds is 3. The molecule has 0 atom stereocenters. The van der Waals surface area contributed by atoms with Crippen molar-refractivity contribution < 1.29 is 0 Å². The molecule has 13 heavy (non-hydrogen) atoms. The third kappa shape index (κ3) is 2.36. The van der Waals surface area contributed by atoms with E-state index in [1.54, 1.807) is 18.8 Å². The van der Waals surface area contributed by atoms with Gasteiger partial charge < -0.3 is 5.32 Å². The molecule has 5 heteroatoms. The molecule has 1 heterocycles. The predicted octanol–water partition coefficient (Wildman–Crippen LogP) is 2.56. The Morgan fingerprint density at radius 1 is 1.62 bits per heavy atom. The van der Waals surface area contributed by atoms with E-state index in [0.717, 1.165) is 10.0 Å². The van der Waals surface area contributed by atoms with Gasteiger partial charge in [0.2, 0.25) is 0 Å². The van der Waals surface area contributed by atoms with Crippen molar-refractivity contribution in [2.45, 2.75) is 24.1 Å². The first-order chi connectivity index (χ1) is 6.19. The fourth-order valence-corrected chi connectivity index (χ4v) is 2.50. The average Bonchev–Trinajstić information content (AvgIpc) is 2.45. The standard InChI is InChI=1S/C8H11N3S2/c1-5(2)12-8-6(4-9)7(10-3)13-11-8/h5,10H,1-3H3. The minimum Gasteiger partial charge on any atom is -0.378 e. The van der Waals surface area contributed by atoms with E-state index in [1.165, 1.54) is 11.5 Å². The van der Waals surface area contributed by atoms with Gasteiger partial charge >= 0.3 is 0 Å². The van der Waals surface area contributed by atoms with Crippen LogP contribution in [-0.2, 0) is 0 Å². The molecule has 0 bridgehead atoms. The first kappa shape index (κ1) is 10.4. The Kier molecular flexibility index (Phi) is 3.58. The predicted molar refractivity (Wildman–Crippen MR) is 57.4 cm³/mol. The largest absolute Gasteiger partial charge is 0.378 e. The molecule has 0 saturated heterocycles. The minimum absolute atomic E-state index is 0.457. The normalized spacial score (nSPS) is 10.1. The fraction of sp³-hybridized carbons (Fsp3) is 0.500. The Balaban J connectivity index is 2.96. The molecule has 0 aliphatic heterocycles.